The molecule has 2 fully saturated rings. The fraction of sp³-hybridized carbons (Fsp3) is 0.692. The molecule has 0 N–H and O–H groups in total. The maximum atomic E-state index is 12.8. The van der Waals surface area contributed by atoms with E-state index in [1.54, 1.807) is 6.20 Å². The van der Waals surface area contributed by atoms with Crippen LogP contribution in [0.1, 0.15) is 12.8 Å². The number of nitrogens with zero attached hydrogens (tertiary/aromatic N) is 3. The smallest absolute Gasteiger partial charge is 0.266 e. The first-order valence-electron chi connectivity index (χ1n) is 7.01. The standard InChI is InChI=1S/C13H17F2N3O2S/c14-11(15)10-8-17(5-6-20-10)12(19)9-2-1-4-18(9)13-16-3-7-21-13/h3,7,9-11H,1-2,4-6,8H2/t9-,10-/m0/s1. The van der Waals surface area contributed by atoms with Gasteiger partial charge < -0.3 is 14.5 Å². The van der Waals surface area contributed by atoms with Crippen LogP contribution in [0.2, 0.25) is 0 Å². The Balaban J connectivity index is 1.69. The molecule has 0 saturated carbocycles. The third-order valence-corrected chi connectivity index (χ3v) is 4.70. The number of morpholine rings is 1. The molecule has 21 heavy (non-hydrogen) atoms. The lowest BCUT2D eigenvalue weighted by molar-refractivity contribution is -0.147. The van der Waals surface area contributed by atoms with Crippen molar-refractivity contribution in [2.45, 2.75) is 31.4 Å². The number of aromatic nitrogens is 1. The molecule has 0 aromatic carbocycles. The van der Waals surface area contributed by atoms with Crippen LogP contribution in [-0.2, 0) is 9.53 Å². The van der Waals surface area contributed by atoms with E-state index in [-0.39, 0.29) is 25.1 Å². The van der Waals surface area contributed by atoms with Gasteiger partial charge in [0.1, 0.15) is 12.1 Å². The minimum absolute atomic E-state index is 0.0291. The number of rotatable bonds is 3. The summed E-state index contributed by atoms with van der Waals surface area (Å²) in [5.41, 5.74) is 0. The molecule has 1 aromatic heterocycles. The van der Waals surface area contributed by atoms with E-state index < -0.39 is 12.5 Å². The third-order valence-electron chi connectivity index (χ3n) is 3.89. The van der Waals surface area contributed by atoms with Gasteiger partial charge in [-0.05, 0) is 12.8 Å². The van der Waals surface area contributed by atoms with Gasteiger partial charge in [0.25, 0.3) is 6.43 Å². The zero-order valence-corrected chi connectivity index (χ0v) is 12.3. The number of hydrogen-bond acceptors (Lipinski definition) is 5. The Labute approximate surface area is 125 Å². The van der Waals surface area contributed by atoms with Crippen molar-refractivity contribution >= 4 is 22.4 Å². The molecule has 1 amide bonds. The zero-order chi connectivity index (χ0) is 14.8. The summed E-state index contributed by atoms with van der Waals surface area (Å²) in [6, 6.07) is -0.285. The first-order valence-corrected chi connectivity index (χ1v) is 7.89. The van der Waals surface area contributed by atoms with E-state index in [4.69, 9.17) is 4.74 Å². The fourth-order valence-corrected chi connectivity index (χ4v) is 3.57. The van der Waals surface area contributed by atoms with Crippen LogP contribution in [0.15, 0.2) is 11.6 Å². The summed E-state index contributed by atoms with van der Waals surface area (Å²) in [5.74, 6) is -0.0864. The van der Waals surface area contributed by atoms with Crippen LogP contribution in [0.5, 0.6) is 0 Å². The molecule has 2 aliphatic rings. The monoisotopic (exact) mass is 317 g/mol. The summed E-state index contributed by atoms with van der Waals surface area (Å²) in [6.45, 7) is 1.31. The molecule has 0 radical (unpaired) electrons. The van der Waals surface area contributed by atoms with Gasteiger partial charge in [0, 0.05) is 24.7 Å². The number of halogens is 2. The highest BCUT2D eigenvalue weighted by molar-refractivity contribution is 7.13. The van der Waals surface area contributed by atoms with Crippen LogP contribution in [-0.4, -0.2) is 60.6 Å². The highest BCUT2D eigenvalue weighted by Gasteiger charge is 2.38. The normalized spacial score (nSPS) is 26.6. The second-order valence-corrected chi connectivity index (χ2v) is 6.07. The Morgan fingerprint density at radius 2 is 2.33 bits per heavy atom. The Kier molecular flexibility index (Phi) is 4.34. The number of carbonyl (C=O) groups is 1. The summed E-state index contributed by atoms with van der Waals surface area (Å²) in [5, 5.41) is 2.70. The quantitative estimate of drug-likeness (QED) is 0.849. The maximum Gasteiger partial charge on any atom is 0.266 e. The van der Waals surface area contributed by atoms with E-state index in [1.165, 1.54) is 16.2 Å². The predicted octanol–water partition coefficient (Wildman–Crippen LogP) is 1.60. The lowest BCUT2D eigenvalue weighted by atomic mass is 10.1. The van der Waals surface area contributed by atoms with Crippen LogP contribution in [0.3, 0.4) is 0 Å². The van der Waals surface area contributed by atoms with E-state index in [9.17, 15) is 13.6 Å². The van der Waals surface area contributed by atoms with Gasteiger partial charge in [-0.1, -0.05) is 0 Å². The number of ether oxygens (including phenoxy) is 1. The summed E-state index contributed by atoms with van der Waals surface area (Å²) in [4.78, 5) is 20.4. The molecule has 5 nitrogen and oxygen atoms in total. The average Bonchev–Trinajstić information content (AvgIpc) is 3.17. The molecule has 3 rings (SSSR count). The van der Waals surface area contributed by atoms with Crippen LogP contribution >= 0.6 is 11.3 Å². The van der Waals surface area contributed by atoms with E-state index >= 15 is 0 Å². The van der Waals surface area contributed by atoms with E-state index in [1.807, 2.05) is 10.3 Å². The summed E-state index contributed by atoms with van der Waals surface area (Å²) in [6.07, 6.45) is -0.355. The predicted molar refractivity (Wildman–Crippen MR) is 74.8 cm³/mol. The van der Waals surface area contributed by atoms with Crippen molar-refractivity contribution in [2.75, 3.05) is 31.1 Å². The van der Waals surface area contributed by atoms with Crippen molar-refractivity contribution in [1.82, 2.24) is 9.88 Å². The van der Waals surface area contributed by atoms with Gasteiger partial charge in [-0.15, -0.1) is 11.3 Å². The molecule has 2 atom stereocenters. The number of carbonyl (C=O) groups excluding carboxylic acids is 1. The topological polar surface area (TPSA) is 45.7 Å². The van der Waals surface area contributed by atoms with Gasteiger partial charge in [-0.3, -0.25) is 4.79 Å². The van der Waals surface area contributed by atoms with E-state index in [0.29, 0.717) is 6.54 Å². The molecule has 2 aliphatic heterocycles. The van der Waals surface area contributed by atoms with Gasteiger partial charge in [0.05, 0.1) is 13.2 Å². The van der Waals surface area contributed by atoms with Gasteiger partial charge >= 0.3 is 0 Å². The van der Waals surface area contributed by atoms with Gasteiger partial charge in [-0.25, -0.2) is 13.8 Å². The molecule has 8 heteroatoms. The number of thiazole rings is 1. The molecule has 0 spiro atoms. The minimum Gasteiger partial charge on any atom is -0.369 e. The second-order valence-electron chi connectivity index (χ2n) is 5.19. The molecule has 1 aromatic rings. The van der Waals surface area contributed by atoms with Crippen molar-refractivity contribution < 1.29 is 18.3 Å². The lowest BCUT2D eigenvalue weighted by Crippen LogP contribution is -2.53. The van der Waals surface area contributed by atoms with Crippen LogP contribution in [0.4, 0.5) is 13.9 Å². The summed E-state index contributed by atoms with van der Waals surface area (Å²) < 4.78 is 30.5. The van der Waals surface area contributed by atoms with Crippen LogP contribution in [0.25, 0.3) is 0 Å². The Morgan fingerprint density at radius 1 is 1.48 bits per heavy atom. The number of alkyl halides is 2. The SMILES string of the molecule is O=C([C@@H]1CCCN1c1nccs1)N1CCO[C@H](C(F)F)C1. The molecule has 0 aliphatic carbocycles. The van der Waals surface area contributed by atoms with Crippen LogP contribution in [0, 0.1) is 0 Å². The number of anilines is 1. The van der Waals surface area contributed by atoms with Crippen molar-refractivity contribution in [3.63, 3.8) is 0 Å². The number of amides is 1. The molecule has 2 saturated heterocycles. The van der Waals surface area contributed by atoms with Crippen molar-refractivity contribution in [3.05, 3.63) is 11.6 Å². The third kappa shape index (κ3) is 3.01. The molecular weight excluding hydrogens is 300 g/mol. The Hall–Kier alpha value is -1.28. The molecule has 0 bridgehead atoms. The fourth-order valence-electron chi connectivity index (χ4n) is 2.85. The Bertz CT molecular complexity index is 486. The van der Waals surface area contributed by atoms with Gasteiger partial charge in [0.15, 0.2) is 5.13 Å². The maximum absolute atomic E-state index is 12.8. The second kappa shape index (κ2) is 6.23. The van der Waals surface area contributed by atoms with Crippen molar-refractivity contribution in [1.29, 1.82) is 0 Å². The average molecular weight is 317 g/mol. The lowest BCUT2D eigenvalue weighted by Gasteiger charge is -2.35. The summed E-state index contributed by atoms with van der Waals surface area (Å²) >= 11 is 1.49. The van der Waals surface area contributed by atoms with E-state index in [0.717, 1.165) is 24.5 Å². The van der Waals surface area contributed by atoms with Crippen molar-refractivity contribution in [3.8, 4) is 0 Å². The minimum atomic E-state index is -2.56. The molecular formula is C13H17F2N3O2S. The number of hydrogen-bond donors (Lipinski definition) is 0. The first-order chi connectivity index (χ1) is 10.2. The molecule has 0 unspecified atom stereocenters. The highest BCUT2D eigenvalue weighted by atomic mass is 32.1. The zero-order valence-electron chi connectivity index (χ0n) is 11.5. The van der Waals surface area contributed by atoms with E-state index in [2.05, 4.69) is 4.98 Å². The van der Waals surface area contributed by atoms with Gasteiger partial charge in [-0.2, -0.15) is 0 Å². The first kappa shape index (κ1) is 14.6. The summed E-state index contributed by atoms with van der Waals surface area (Å²) in [7, 11) is 0. The van der Waals surface area contributed by atoms with Gasteiger partial charge in [0.2, 0.25) is 5.91 Å². The molecule has 116 valence electrons. The molecule has 3 heterocycles. The van der Waals surface area contributed by atoms with Crippen molar-refractivity contribution in [2.24, 2.45) is 0 Å². The van der Waals surface area contributed by atoms with Crippen LogP contribution < -0.4 is 4.90 Å². The Morgan fingerprint density at radius 3 is 3.05 bits per heavy atom. The highest BCUT2D eigenvalue weighted by Crippen LogP contribution is 2.28. The largest absolute Gasteiger partial charge is 0.369 e.